The van der Waals surface area contributed by atoms with Crippen LogP contribution in [-0.4, -0.2) is 15.4 Å². The van der Waals surface area contributed by atoms with Gasteiger partial charge in [-0.15, -0.1) is 10.2 Å². The Labute approximate surface area is 136 Å². The van der Waals surface area contributed by atoms with Crippen LogP contribution in [0, 0.1) is 6.92 Å². The lowest BCUT2D eigenvalue weighted by molar-refractivity contribution is 0.851. The maximum absolute atomic E-state index is 6.02. The van der Waals surface area contributed by atoms with Gasteiger partial charge in [-0.2, -0.15) is 0 Å². The number of aryl methyl sites for hydroxylation is 1. The van der Waals surface area contributed by atoms with Gasteiger partial charge in [0.15, 0.2) is 0 Å². The Balaban J connectivity index is 2.35. The standard InChI is InChI=1S/C15H10Cl3N3/c1-9-6-7-12(11-5-3-2-4-10(9)11)14-13(15(16,17)18)8-19-21-20-14/h2-8H,1H3. The quantitative estimate of drug-likeness (QED) is 0.597. The van der Waals surface area contributed by atoms with Crippen molar-refractivity contribution in [2.24, 2.45) is 0 Å². The van der Waals surface area contributed by atoms with Crippen molar-refractivity contribution in [1.82, 2.24) is 15.4 Å². The lowest BCUT2D eigenvalue weighted by Crippen LogP contribution is -2.07. The Hall–Kier alpha value is -1.42. The summed E-state index contributed by atoms with van der Waals surface area (Å²) in [7, 11) is 0. The predicted octanol–water partition coefficient (Wildman–Crippen LogP) is 4.83. The van der Waals surface area contributed by atoms with Gasteiger partial charge in [-0.05, 0) is 28.5 Å². The third kappa shape index (κ3) is 2.69. The highest BCUT2D eigenvalue weighted by Gasteiger charge is 2.29. The highest BCUT2D eigenvalue weighted by atomic mass is 35.6. The van der Waals surface area contributed by atoms with Gasteiger partial charge in [0.2, 0.25) is 3.79 Å². The first kappa shape index (κ1) is 14.5. The van der Waals surface area contributed by atoms with Crippen LogP contribution in [0.5, 0.6) is 0 Å². The molecule has 0 atom stereocenters. The summed E-state index contributed by atoms with van der Waals surface area (Å²) in [5.41, 5.74) is 2.98. The van der Waals surface area contributed by atoms with Crippen molar-refractivity contribution in [2.45, 2.75) is 10.7 Å². The van der Waals surface area contributed by atoms with Crippen LogP contribution in [0.1, 0.15) is 11.1 Å². The fourth-order valence-corrected chi connectivity index (χ4v) is 2.75. The van der Waals surface area contributed by atoms with Gasteiger partial charge in [0, 0.05) is 5.56 Å². The molecule has 0 aliphatic carbocycles. The zero-order valence-corrected chi connectivity index (χ0v) is 13.3. The SMILES string of the molecule is Cc1ccc(-c2nnncc2C(Cl)(Cl)Cl)c2ccccc12. The van der Waals surface area contributed by atoms with E-state index in [1.807, 2.05) is 30.3 Å². The maximum Gasteiger partial charge on any atom is 0.219 e. The lowest BCUT2D eigenvalue weighted by atomic mass is 9.97. The molecule has 0 spiro atoms. The van der Waals surface area contributed by atoms with Crippen LogP contribution >= 0.6 is 34.8 Å². The molecule has 0 radical (unpaired) electrons. The summed E-state index contributed by atoms with van der Waals surface area (Å²) in [6, 6.07) is 12.0. The smallest absolute Gasteiger partial charge is 0.138 e. The van der Waals surface area contributed by atoms with Crippen LogP contribution in [0.4, 0.5) is 0 Å². The summed E-state index contributed by atoms with van der Waals surface area (Å²) in [6.45, 7) is 2.06. The molecular formula is C15H10Cl3N3. The van der Waals surface area contributed by atoms with Crippen LogP contribution in [-0.2, 0) is 3.79 Å². The molecule has 0 fully saturated rings. The van der Waals surface area contributed by atoms with E-state index in [1.165, 1.54) is 11.8 Å². The van der Waals surface area contributed by atoms with Gasteiger partial charge in [0.1, 0.15) is 5.69 Å². The zero-order chi connectivity index (χ0) is 15.0. The van der Waals surface area contributed by atoms with E-state index < -0.39 is 3.79 Å². The summed E-state index contributed by atoms with van der Waals surface area (Å²) >= 11 is 18.1. The van der Waals surface area contributed by atoms with Gasteiger partial charge in [-0.1, -0.05) is 71.2 Å². The predicted molar refractivity (Wildman–Crippen MR) is 86.7 cm³/mol. The Morgan fingerprint density at radius 1 is 0.952 bits per heavy atom. The topological polar surface area (TPSA) is 38.7 Å². The Morgan fingerprint density at radius 3 is 2.38 bits per heavy atom. The molecule has 0 unspecified atom stereocenters. The normalized spacial score (nSPS) is 11.8. The Bertz CT molecular complexity index is 813. The first-order valence-electron chi connectivity index (χ1n) is 6.23. The third-order valence-electron chi connectivity index (χ3n) is 3.34. The van der Waals surface area contributed by atoms with Crippen molar-refractivity contribution in [2.75, 3.05) is 0 Å². The number of hydrogen-bond acceptors (Lipinski definition) is 3. The minimum atomic E-state index is -1.61. The molecule has 3 rings (SSSR count). The molecule has 106 valence electrons. The van der Waals surface area contributed by atoms with E-state index in [-0.39, 0.29) is 0 Å². The van der Waals surface area contributed by atoms with Crippen molar-refractivity contribution < 1.29 is 0 Å². The van der Waals surface area contributed by atoms with Crippen LogP contribution < -0.4 is 0 Å². The minimum Gasteiger partial charge on any atom is -0.138 e. The second-order valence-electron chi connectivity index (χ2n) is 4.67. The zero-order valence-electron chi connectivity index (χ0n) is 11.0. The van der Waals surface area contributed by atoms with Crippen molar-refractivity contribution in [3.8, 4) is 11.3 Å². The highest BCUT2D eigenvalue weighted by molar-refractivity contribution is 6.67. The molecule has 1 aromatic heterocycles. The van der Waals surface area contributed by atoms with E-state index in [0.29, 0.717) is 11.3 Å². The molecule has 3 aromatic rings. The van der Waals surface area contributed by atoms with E-state index >= 15 is 0 Å². The molecule has 0 aliphatic rings. The monoisotopic (exact) mass is 337 g/mol. The average Bonchev–Trinajstić information content (AvgIpc) is 2.47. The van der Waals surface area contributed by atoms with Crippen molar-refractivity contribution in [1.29, 1.82) is 0 Å². The van der Waals surface area contributed by atoms with Gasteiger partial charge in [0.05, 0.1) is 11.8 Å². The Kier molecular flexibility index (Phi) is 3.74. The van der Waals surface area contributed by atoms with Crippen molar-refractivity contribution in [3.05, 3.63) is 53.7 Å². The molecule has 21 heavy (non-hydrogen) atoms. The average molecular weight is 339 g/mol. The summed E-state index contributed by atoms with van der Waals surface area (Å²) < 4.78 is -1.61. The van der Waals surface area contributed by atoms with Crippen molar-refractivity contribution >= 4 is 45.6 Å². The highest BCUT2D eigenvalue weighted by Crippen LogP contribution is 2.43. The number of fused-ring (bicyclic) bond motifs is 1. The summed E-state index contributed by atoms with van der Waals surface area (Å²) in [5.74, 6) is 0. The number of benzene rings is 2. The second kappa shape index (κ2) is 5.41. The van der Waals surface area contributed by atoms with Gasteiger partial charge in [0.25, 0.3) is 0 Å². The van der Waals surface area contributed by atoms with E-state index in [0.717, 1.165) is 16.3 Å². The van der Waals surface area contributed by atoms with E-state index in [2.05, 4.69) is 28.4 Å². The first-order chi connectivity index (χ1) is 9.98. The van der Waals surface area contributed by atoms with Crippen molar-refractivity contribution in [3.63, 3.8) is 0 Å². The molecule has 6 heteroatoms. The molecule has 1 heterocycles. The molecule has 2 aromatic carbocycles. The summed E-state index contributed by atoms with van der Waals surface area (Å²) in [6.07, 6.45) is 1.43. The minimum absolute atomic E-state index is 0.413. The molecule has 0 amide bonds. The van der Waals surface area contributed by atoms with Gasteiger partial charge in [-0.3, -0.25) is 0 Å². The molecule has 0 bridgehead atoms. The van der Waals surface area contributed by atoms with Crippen LogP contribution in [0.15, 0.2) is 42.6 Å². The number of halogens is 3. The number of aromatic nitrogens is 3. The number of rotatable bonds is 1. The van der Waals surface area contributed by atoms with Gasteiger partial charge in [-0.25, -0.2) is 0 Å². The largest absolute Gasteiger partial charge is 0.219 e. The van der Waals surface area contributed by atoms with Crippen LogP contribution in [0.3, 0.4) is 0 Å². The number of alkyl halides is 3. The molecule has 0 saturated carbocycles. The fourth-order valence-electron chi connectivity index (χ4n) is 2.33. The first-order valence-corrected chi connectivity index (χ1v) is 7.36. The molecule has 0 N–H and O–H groups in total. The molecule has 0 aliphatic heterocycles. The number of hydrogen-bond donors (Lipinski definition) is 0. The molecule has 3 nitrogen and oxygen atoms in total. The fraction of sp³-hybridized carbons (Fsp3) is 0.133. The van der Waals surface area contributed by atoms with Gasteiger partial charge >= 0.3 is 0 Å². The maximum atomic E-state index is 6.02. The van der Waals surface area contributed by atoms with Crippen LogP contribution in [0.25, 0.3) is 22.0 Å². The van der Waals surface area contributed by atoms with Crippen LogP contribution in [0.2, 0.25) is 0 Å². The third-order valence-corrected chi connectivity index (χ3v) is 3.95. The second-order valence-corrected chi connectivity index (χ2v) is 6.95. The van der Waals surface area contributed by atoms with E-state index in [1.54, 1.807) is 0 Å². The summed E-state index contributed by atoms with van der Waals surface area (Å²) in [5, 5.41) is 13.7. The number of nitrogens with zero attached hydrogens (tertiary/aromatic N) is 3. The Morgan fingerprint density at radius 2 is 1.67 bits per heavy atom. The van der Waals surface area contributed by atoms with E-state index in [4.69, 9.17) is 34.8 Å². The lowest BCUT2D eigenvalue weighted by Gasteiger charge is -2.15. The summed E-state index contributed by atoms with van der Waals surface area (Å²) in [4.78, 5) is 0. The van der Waals surface area contributed by atoms with Gasteiger partial charge < -0.3 is 0 Å². The molecular weight excluding hydrogens is 329 g/mol. The van der Waals surface area contributed by atoms with E-state index in [9.17, 15) is 0 Å². The molecule has 0 saturated heterocycles.